The molecular formula is C22H28N4O4S. The number of para-hydroxylation sites is 2. The van der Waals surface area contributed by atoms with Crippen molar-refractivity contribution < 1.29 is 17.9 Å². The predicted molar refractivity (Wildman–Crippen MR) is 122 cm³/mol. The molecule has 0 amide bonds. The number of sulfonamides is 1. The summed E-state index contributed by atoms with van der Waals surface area (Å²) in [5.74, 6) is 1.37. The monoisotopic (exact) mass is 444 g/mol. The molecule has 2 aromatic rings. The second-order valence-corrected chi connectivity index (χ2v) is 9.66. The Balaban J connectivity index is 1.67. The van der Waals surface area contributed by atoms with Crippen LogP contribution >= 0.6 is 0 Å². The number of anilines is 2. The van der Waals surface area contributed by atoms with Crippen molar-refractivity contribution in [3.05, 3.63) is 48.5 Å². The van der Waals surface area contributed by atoms with Crippen LogP contribution in [0.2, 0.25) is 0 Å². The maximum Gasteiger partial charge on any atom is 0.243 e. The van der Waals surface area contributed by atoms with Crippen molar-refractivity contribution >= 4 is 27.2 Å². The molecule has 31 heavy (non-hydrogen) atoms. The van der Waals surface area contributed by atoms with Gasteiger partial charge in [-0.1, -0.05) is 12.1 Å². The average Bonchev–Trinajstić information content (AvgIpc) is 2.79. The number of nitrogens with one attached hydrogen (secondary N) is 2. The van der Waals surface area contributed by atoms with E-state index in [1.165, 1.54) is 0 Å². The highest BCUT2D eigenvalue weighted by Gasteiger charge is 2.46. The summed E-state index contributed by atoms with van der Waals surface area (Å²) in [7, 11) is -0.460. The van der Waals surface area contributed by atoms with E-state index in [9.17, 15) is 8.42 Å². The highest BCUT2D eigenvalue weighted by Crippen LogP contribution is 2.37. The fourth-order valence-electron chi connectivity index (χ4n) is 4.12. The number of methoxy groups -OCH3 is 2. The zero-order valence-corrected chi connectivity index (χ0v) is 18.6. The van der Waals surface area contributed by atoms with E-state index in [2.05, 4.69) is 10.6 Å². The van der Waals surface area contributed by atoms with Crippen molar-refractivity contribution in [1.29, 1.82) is 0 Å². The molecule has 0 saturated carbocycles. The van der Waals surface area contributed by atoms with Crippen LogP contribution in [0.5, 0.6) is 5.75 Å². The first kappa shape index (κ1) is 21.6. The van der Waals surface area contributed by atoms with Crippen molar-refractivity contribution in [2.45, 2.75) is 23.3 Å². The van der Waals surface area contributed by atoms with Crippen LogP contribution in [0, 0.1) is 0 Å². The number of rotatable bonds is 6. The van der Waals surface area contributed by atoms with Crippen LogP contribution in [0.25, 0.3) is 0 Å². The fraction of sp³-hybridized carbons (Fsp3) is 0.409. The van der Waals surface area contributed by atoms with E-state index < -0.39 is 15.6 Å². The van der Waals surface area contributed by atoms with Gasteiger partial charge in [0.05, 0.1) is 36.5 Å². The van der Waals surface area contributed by atoms with Crippen molar-refractivity contribution in [3.63, 3.8) is 0 Å². The third-order valence-electron chi connectivity index (χ3n) is 5.73. The van der Waals surface area contributed by atoms with Gasteiger partial charge in [0.2, 0.25) is 10.0 Å². The summed E-state index contributed by atoms with van der Waals surface area (Å²) in [6, 6.07) is 14.4. The molecular weight excluding hydrogens is 416 g/mol. The van der Waals surface area contributed by atoms with Crippen LogP contribution in [-0.2, 0) is 14.8 Å². The molecule has 2 aromatic carbocycles. The van der Waals surface area contributed by atoms with E-state index in [4.69, 9.17) is 14.5 Å². The van der Waals surface area contributed by atoms with Crippen LogP contribution in [0.4, 0.5) is 11.4 Å². The van der Waals surface area contributed by atoms with E-state index in [-0.39, 0.29) is 11.4 Å². The Bertz CT molecular complexity index is 1060. The summed E-state index contributed by atoms with van der Waals surface area (Å²) >= 11 is 0. The number of ether oxygens (including phenoxy) is 2. The minimum absolute atomic E-state index is 0.257. The summed E-state index contributed by atoms with van der Waals surface area (Å²) in [5.41, 5.74) is 1.25. The molecule has 0 radical (unpaired) electrons. The molecule has 0 bridgehead atoms. The lowest BCUT2D eigenvalue weighted by Crippen LogP contribution is -2.62. The van der Waals surface area contributed by atoms with E-state index >= 15 is 0 Å². The number of aliphatic imine (C=N–C) groups is 1. The van der Waals surface area contributed by atoms with Gasteiger partial charge in [-0.15, -0.1) is 0 Å². The first-order valence-corrected chi connectivity index (χ1v) is 11.7. The maximum atomic E-state index is 13.4. The number of amidine groups is 1. The van der Waals surface area contributed by atoms with E-state index in [0.717, 1.165) is 30.1 Å². The second-order valence-electron chi connectivity index (χ2n) is 7.72. The standard InChI is InChI=1S/C22H28N4O4S/c1-29-15-13-23-21-22(25-20-7-4-3-6-19(20)24-21)12-5-14-26(16-22)31(27,28)18-10-8-17(30-2)9-11-18/h3-4,6-11,25H,5,12-16H2,1-2H3,(H,23,24). The van der Waals surface area contributed by atoms with E-state index in [1.54, 1.807) is 42.8 Å². The number of hydrogen-bond donors (Lipinski definition) is 2. The third-order valence-corrected chi connectivity index (χ3v) is 7.59. The minimum atomic E-state index is -3.66. The van der Waals surface area contributed by atoms with Crippen molar-refractivity contribution in [1.82, 2.24) is 4.31 Å². The zero-order chi connectivity index (χ0) is 21.9. The molecule has 9 heteroatoms. The Morgan fingerprint density at radius 1 is 1.10 bits per heavy atom. The highest BCUT2D eigenvalue weighted by atomic mass is 32.2. The largest absolute Gasteiger partial charge is 0.497 e. The fourth-order valence-corrected chi connectivity index (χ4v) is 5.66. The van der Waals surface area contributed by atoms with Gasteiger partial charge >= 0.3 is 0 Å². The molecule has 1 unspecified atom stereocenters. The SMILES string of the molecule is COCCN=C1Nc2ccccc2NC12CCCN(S(=O)(=O)c1ccc(OC)cc1)C2. The lowest BCUT2D eigenvalue weighted by atomic mass is 9.86. The van der Waals surface area contributed by atoms with Crippen LogP contribution < -0.4 is 15.4 Å². The molecule has 0 aliphatic carbocycles. The van der Waals surface area contributed by atoms with Crippen molar-refractivity contribution in [2.24, 2.45) is 4.99 Å². The third kappa shape index (κ3) is 4.26. The van der Waals surface area contributed by atoms with Crippen molar-refractivity contribution in [3.8, 4) is 5.75 Å². The normalized spacial score (nSPS) is 22.6. The molecule has 1 fully saturated rings. The zero-order valence-electron chi connectivity index (χ0n) is 17.8. The minimum Gasteiger partial charge on any atom is -0.497 e. The molecule has 4 rings (SSSR count). The van der Waals surface area contributed by atoms with Gasteiger partial charge in [-0.25, -0.2) is 8.42 Å². The lowest BCUT2D eigenvalue weighted by Gasteiger charge is -2.46. The molecule has 1 saturated heterocycles. The summed E-state index contributed by atoms with van der Waals surface area (Å²) in [6.07, 6.45) is 1.49. The maximum absolute atomic E-state index is 13.4. The Morgan fingerprint density at radius 2 is 1.84 bits per heavy atom. The van der Waals surface area contributed by atoms with E-state index in [1.807, 2.05) is 24.3 Å². The van der Waals surface area contributed by atoms with Gasteiger partial charge in [-0.2, -0.15) is 4.31 Å². The Morgan fingerprint density at radius 3 is 2.55 bits per heavy atom. The quantitative estimate of drug-likeness (QED) is 0.666. The molecule has 166 valence electrons. The average molecular weight is 445 g/mol. The number of hydrogen-bond acceptors (Lipinski definition) is 6. The summed E-state index contributed by atoms with van der Waals surface area (Å²) in [5, 5.41) is 7.04. The molecule has 1 spiro atoms. The summed E-state index contributed by atoms with van der Waals surface area (Å²) in [6.45, 7) is 1.74. The lowest BCUT2D eigenvalue weighted by molar-refractivity contribution is 0.207. The second kappa shape index (κ2) is 8.86. The molecule has 2 aliphatic rings. The molecule has 2 aliphatic heterocycles. The number of piperidine rings is 1. The van der Waals surface area contributed by atoms with Crippen LogP contribution in [0.15, 0.2) is 58.4 Å². The summed E-state index contributed by atoms with van der Waals surface area (Å²) in [4.78, 5) is 5.00. The number of nitrogens with zero attached hydrogens (tertiary/aromatic N) is 2. The molecule has 0 aromatic heterocycles. The topological polar surface area (TPSA) is 92.3 Å². The highest BCUT2D eigenvalue weighted by molar-refractivity contribution is 7.89. The predicted octanol–water partition coefficient (Wildman–Crippen LogP) is 2.80. The number of benzene rings is 2. The van der Waals surface area contributed by atoms with Crippen LogP contribution in [0.1, 0.15) is 12.8 Å². The molecule has 1 atom stereocenters. The first-order valence-electron chi connectivity index (χ1n) is 10.3. The van der Waals surface area contributed by atoms with Crippen LogP contribution in [-0.4, -0.2) is 64.6 Å². The van der Waals surface area contributed by atoms with Gasteiger partial charge < -0.3 is 20.1 Å². The van der Waals surface area contributed by atoms with Gasteiger partial charge in [0, 0.05) is 20.2 Å². The summed E-state index contributed by atoms with van der Waals surface area (Å²) < 4.78 is 38.7. The van der Waals surface area contributed by atoms with Gasteiger partial charge in [-0.05, 0) is 49.2 Å². The molecule has 8 nitrogen and oxygen atoms in total. The Hall–Kier alpha value is -2.62. The van der Waals surface area contributed by atoms with Crippen LogP contribution in [0.3, 0.4) is 0 Å². The van der Waals surface area contributed by atoms with Gasteiger partial charge in [0.1, 0.15) is 17.1 Å². The first-order chi connectivity index (χ1) is 15.0. The molecule has 2 N–H and O–H groups in total. The van der Waals surface area contributed by atoms with Gasteiger partial charge in [0.15, 0.2) is 0 Å². The molecule has 2 heterocycles. The van der Waals surface area contributed by atoms with Gasteiger partial charge in [-0.3, -0.25) is 4.99 Å². The smallest absolute Gasteiger partial charge is 0.243 e. The Labute approximate surface area is 183 Å². The van der Waals surface area contributed by atoms with Crippen molar-refractivity contribution in [2.75, 3.05) is 51.1 Å². The van der Waals surface area contributed by atoms with E-state index in [0.29, 0.717) is 25.4 Å². The van der Waals surface area contributed by atoms with Gasteiger partial charge in [0.25, 0.3) is 0 Å². The Kier molecular flexibility index (Phi) is 6.17. The number of fused-ring (bicyclic) bond motifs is 1.